The molecular weight excluding hydrogens is 332 g/mol. The van der Waals surface area contributed by atoms with Crippen LogP contribution in [0.15, 0.2) is 30.3 Å². The highest BCUT2D eigenvalue weighted by molar-refractivity contribution is 7.73. The molecule has 2 rings (SSSR count). The number of aryl methyl sites for hydroxylation is 1. The van der Waals surface area contributed by atoms with Crippen molar-refractivity contribution >= 4 is 20.9 Å². The average Bonchev–Trinajstić information content (AvgIpc) is 2.60. The van der Waals surface area contributed by atoms with Gasteiger partial charge in [-0.2, -0.15) is 8.42 Å². The Balaban J connectivity index is 2.08. The summed E-state index contributed by atoms with van der Waals surface area (Å²) < 4.78 is 23.7. The molecule has 0 N–H and O–H groups in total. The van der Waals surface area contributed by atoms with E-state index in [4.69, 9.17) is 0 Å². The van der Waals surface area contributed by atoms with Crippen molar-refractivity contribution in [3.05, 3.63) is 35.9 Å². The van der Waals surface area contributed by atoms with Gasteiger partial charge < -0.3 is 0 Å². The third-order valence-electron chi connectivity index (χ3n) is 5.16. The van der Waals surface area contributed by atoms with Crippen LogP contribution in [0.2, 0.25) is 0 Å². The van der Waals surface area contributed by atoms with Gasteiger partial charge in [0.05, 0.1) is 10.8 Å². The van der Waals surface area contributed by atoms with Gasteiger partial charge in [-0.05, 0) is 31.2 Å². The van der Waals surface area contributed by atoms with Gasteiger partial charge >= 0.3 is 0 Å². The minimum atomic E-state index is -2.28. The minimum Gasteiger partial charge on any atom is -0.299 e. The van der Waals surface area contributed by atoms with E-state index in [1.807, 2.05) is 30.3 Å². The van der Waals surface area contributed by atoms with E-state index in [0.717, 1.165) is 31.2 Å². The van der Waals surface area contributed by atoms with Crippen LogP contribution < -0.4 is 0 Å². The van der Waals surface area contributed by atoms with E-state index in [0.29, 0.717) is 30.5 Å². The zero-order valence-corrected chi connectivity index (χ0v) is 15.9. The number of hydrogen-bond donors (Lipinski definition) is 0. The topological polar surface area (TPSA) is 51.2 Å². The number of Topliss-reactive ketones (excluding diaryl/α,β-unsaturated/α-hetero) is 1. The maximum Gasteiger partial charge on any atom is 0.213 e. The number of hydrogen-bond acceptors (Lipinski definition) is 3. The van der Waals surface area contributed by atoms with Crippen LogP contribution in [-0.4, -0.2) is 19.1 Å². The van der Waals surface area contributed by atoms with Crippen molar-refractivity contribution in [2.24, 2.45) is 5.92 Å². The molecule has 1 fully saturated rings. The van der Waals surface area contributed by atoms with Crippen LogP contribution in [-0.2, 0) is 21.5 Å². The van der Waals surface area contributed by atoms with E-state index in [2.05, 4.69) is 0 Å². The summed E-state index contributed by atoms with van der Waals surface area (Å²) in [5.41, 5.74) is 1.12. The van der Waals surface area contributed by atoms with Gasteiger partial charge in [-0.25, -0.2) is 0 Å². The molecule has 1 aromatic rings. The number of carbonyl (C=O) groups excluding carboxylic acids is 1. The molecule has 1 aliphatic rings. The lowest BCUT2D eigenvalue weighted by atomic mass is 9.87. The van der Waals surface area contributed by atoms with E-state index >= 15 is 0 Å². The minimum absolute atomic E-state index is 0.132. The SMILES string of the molecule is O=C1CCCCCCCCCCC1C(CCc1ccccc1)=S(=O)=O. The quantitative estimate of drug-likeness (QED) is 0.725. The van der Waals surface area contributed by atoms with Gasteiger partial charge in [-0.3, -0.25) is 4.79 Å². The Morgan fingerprint density at radius 1 is 0.880 bits per heavy atom. The van der Waals surface area contributed by atoms with E-state index in [1.165, 1.54) is 25.7 Å². The highest BCUT2D eigenvalue weighted by Crippen LogP contribution is 2.21. The molecule has 0 aliphatic heterocycles. The summed E-state index contributed by atoms with van der Waals surface area (Å²) in [4.78, 5) is 13.1. The molecule has 0 spiro atoms. The second kappa shape index (κ2) is 11.2. The third-order valence-corrected chi connectivity index (χ3v) is 6.08. The zero-order chi connectivity index (χ0) is 17.9. The fourth-order valence-electron chi connectivity index (χ4n) is 3.67. The number of rotatable bonds is 4. The van der Waals surface area contributed by atoms with Crippen LogP contribution in [0.25, 0.3) is 0 Å². The molecule has 1 saturated carbocycles. The Kier molecular flexibility index (Phi) is 8.95. The van der Waals surface area contributed by atoms with Gasteiger partial charge in [-0.1, -0.05) is 75.3 Å². The number of carbonyl (C=O) groups is 1. The molecule has 1 atom stereocenters. The van der Waals surface area contributed by atoms with Crippen LogP contribution in [0.1, 0.15) is 76.2 Å². The highest BCUT2D eigenvalue weighted by atomic mass is 32.2. The molecule has 1 aromatic carbocycles. The Morgan fingerprint density at radius 3 is 2.12 bits per heavy atom. The smallest absolute Gasteiger partial charge is 0.213 e. The first-order chi connectivity index (χ1) is 12.2. The summed E-state index contributed by atoms with van der Waals surface area (Å²) in [6.45, 7) is 0. The Bertz CT molecular complexity index is 654. The van der Waals surface area contributed by atoms with Gasteiger partial charge in [0, 0.05) is 6.42 Å². The monoisotopic (exact) mass is 362 g/mol. The molecule has 0 saturated heterocycles. The molecule has 25 heavy (non-hydrogen) atoms. The van der Waals surface area contributed by atoms with Crippen LogP contribution in [0.3, 0.4) is 0 Å². The molecule has 0 heterocycles. The van der Waals surface area contributed by atoms with E-state index in [-0.39, 0.29) is 5.78 Å². The van der Waals surface area contributed by atoms with Crippen LogP contribution >= 0.6 is 0 Å². The maximum absolute atomic E-state index is 12.7. The van der Waals surface area contributed by atoms with Gasteiger partial charge in [0.25, 0.3) is 0 Å². The molecule has 0 radical (unpaired) electrons. The molecule has 0 amide bonds. The molecule has 1 aliphatic carbocycles. The third kappa shape index (κ3) is 7.15. The largest absolute Gasteiger partial charge is 0.299 e. The van der Waals surface area contributed by atoms with Gasteiger partial charge in [0.15, 0.2) is 0 Å². The lowest BCUT2D eigenvalue weighted by Crippen LogP contribution is -2.25. The molecule has 0 bridgehead atoms. The lowest BCUT2D eigenvalue weighted by Gasteiger charge is -2.17. The molecule has 138 valence electrons. The number of benzene rings is 1. The second-order valence-electron chi connectivity index (χ2n) is 7.07. The first kappa shape index (κ1) is 19.9. The summed E-state index contributed by atoms with van der Waals surface area (Å²) in [5.74, 6) is -0.269. The van der Waals surface area contributed by atoms with Crippen molar-refractivity contribution in [1.29, 1.82) is 0 Å². The van der Waals surface area contributed by atoms with Crippen molar-refractivity contribution < 1.29 is 13.2 Å². The van der Waals surface area contributed by atoms with Crippen molar-refractivity contribution in [2.75, 3.05) is 0 Å². The van der Waals surface area contributed by atoms with Crippen LogP contribution in [0, 0.1) is 5.92 Å². The summed E-state index contributed by atoms with van der Waals surface area (Å²) in [5, 5.41) is 0. The first-order valence-electron chi connectivity index (χ1n) is 9.70. The average molecular weight is 363 g/mol. The predicted octanol–water partition coefficient (Wildman–Crippen LogP) is 4.77. The summed E-state index contributed by atoms with van der Waals surface area (Å²) in [6.07, 6.45) is 11.3. The van der Waals surface area contributed by atoms with Crippen molar-refractivity contribution in [3.63, 3.8) is 0 Å². The first-order valence-corrected chi connectivity index (χ1v) is 10.8. The Morgan fingerprint density at radius 2 is 1.48 bits per heavy atom. The molecule has 1 unspecified atom stereocenters. The summed E-state index contributed by atoms with van der Waals surface area (Å²) in [6, 6.07) is 9.90. The van der Waals surface area contributed by atoms with E-state index in [9.17, 15) is 13.2 Å². The van der Waals surface area contributed by atoms with Gasteiger partial charge in [-0.15, -0.1) is 0 Å². The van der Waals surface area contributed by atoms with Crippen LogP contribution in [0.4, 0.5) is 0 Å². The number of ketones is 1. The van der Waals surface area contributed by atoms with Gasteiger partial charge in [0.1, 0.15) is 5.78 Å². The van der Waals surface area contributed by atoms with Crippen molar-refractivity contribution in [3.8, 4) is 0 Å². The van der Waals surface area contributed by atoms with Crippen molar-refractivity contribution in [2.45, 2.75) is 77.0 Å². The normalized spacial score (nSPS) is 20.3. The van der Waals surface area contributed by atoms with E-state index < -0.39 is 16.2 Å². The fraction of sp³-hybridized carbons (Fsp3) is 0.619. The molecule has 0 aromatic heterocycles. The van der Waals surface area contributed by atoms with Crippen molar-refractivity contribution in [1.82, 2.24) is 0 Å². The summed E-state index contributed by atoms with van der Waals surface area (Å²) in [7, 11) is -2.28. The maximum atomic E-state index is 12.7. The summed E-state index contributed by atoms with van der Waals surface area (Å²) >= 11 is 0. The molecular formula is C21H30O3S. The standard InChI is InChI=1S/C21H30O3S/c22-20-15-11-6-4-2-1-3-5-10-14-19(20)21(25(23)24)17-16-18-12-8-7-9-13-18/h7-9,12-13,19H,1-6,10-11,14-17H2. The van der Waals surface area contributed by atoms with Gasteiger partial charge in [0.2, 0.25) is 10.3 Å². The fourth-order valence-corrected chi connectivity index (χ4v) is 4.42. The zero-order valence-electron chi connectivity index (χ0n) is 15.1. The molecule has 4 heteroatoms. The molecule has 3 nitrogen and oxygen atoms in total. The Labute approximate surface area is 153 Å². The van der Waals surface area contributed by atoms with E-state index in [1.54, 1.807) is 0 Å². The Hall–Kier alpha value is -1.42. The van der Waals surface area contributed by atoms with Crippen LogP contribution in [0.5, 0.6) is 0 Å². The highest BCUT2D eigenvalue weighted by Gasteiger charge is 2.24. The second-order valence-corrected chi connectivity index (χ2v) is 8.07. The lowest BCUT2D eigenvalue weighted by molar-refractivity contribution is -0.121. The predicted molar refractivity (Wildman–Crippen MR) is 103 cm³/mol.